The van der Waals surface area contributed by atoms with Gasteiger partial charge < -0.3 is 14.2 Å². The van der Waals surface area contributed by atoms with E-state index in [2.05, 4.69) is 54.7 Å². The van der Waals surface area contributed by atoms with Gasteiger partial charge >= 0.3 is 5.97 Å². The summed E-state index contributed by atoms with van der Waals surface area (Å²) in [6, 6.07) is 0. The first-order valence-electron chi connectivity index (χ1n) is 16.9. The first-order chi connectivity index (χ1) is 19.2. The monoisotopic (exact) mass is 566 g/mol. The molecule has 4 heteroatoms. The van der Waals surface area contributed by atoms with Gasteiger partial charge in [-0.25, -0.2) is 4.79 Å². The summed E-state index contributed by atoms with van der Waals surface area (Å²) in [5, 5.41) is 0. The van der Waals surface area contributed by atoms with E-state index in [1.54, 1.807) is 6.92 Å². The fraction of sp³-hybridized carbons (Fsp3) is 0.865. The molecule has 1 unspecified atom stereocenters. The Morgan fingerprint density at radius 3 is 2.24 bits per heavy atom. The van der Waals surface area contributed by atoms with Gasteiger partial charge in [0.05, 0.1) is 19.8 Å². The molecule has 6 rings (SSSR count). The third-order valence-corrected chi connectivity index (χ3v) is 14.9. The number of rotatable bonds is 7. The average Bonchev–Trinajstić information content (AvgIpc) is 3.64. The van der Waals surface area contributed by atoms with Crippen LogP contribution < -0.4 is 0 Å². The minimum absolute atomic E-state index is 0.0211. The number of allylic oxidation sites excluding steroid dienone is 1. The number of esters is 1. The minimum atomic E-state index is -0.219. The molecule has 0 aromatic heterocycles. The number of carbonyl (C=O) groups excluding carboxylic acids is 1. The summed E-state index contributed by atoms with van der Waals surface area (Å²) in [6.45, 7) is 27.9. The molecule has 0 spiro atoms. The van der Waals surface area contributed by atoms with Gasteiger partial charge in [-0.3, -0.25) is 0 Å². The zero-order valence-electron chi connectivity index (χ0n) is 27.3. The van der Waals surface area contributed by atoms with Crippen molar-refractivity contribution in [3.05, 3.63) is 24.3 Å². The first kappa shape index (κ1) is 29.9. The Morgan fingerprint density at radius 1 is 0.854 bits per heavy atom. The van der Waals surface area contributed by atoms with Crippen molar-refractivity contribution < 1.29 is 19.0 Å². The van der Waals surface area contributed by atoms with E-state index in [0.29, 0.717) is 51.6 Å². The van der Waals surface area contributed by atoms with Crippen molar-refractivity contribution >= 4 is 5.97 Å². The van der Waals surface area contributed by atoms with Crippen molar-refractivity contribution in [1.29, 1.82) is 0 Å². The molecule has 0 aromatic carbocycles. The van der Waals surface area contributed by atoms with E-state index in [1.165, 1.54) is 56.9 Å². The van der Waals surface area contributed by atoms with Crippen LogP contribution >= 0.6 is 0 Å². The second-order valence-corrected chi connectivity index (χ2v) is 17.1. The van der Waals surface area contributed by atoms with Crippen LogP contribution in [0.5, 0.6) is 0 Å². The summed E-state index contributed by atoms with van der Waals surface area (Å²) in [5.41, 5.74) is 3.13. The van der Waals surface area contributed by atoms with Gasteiger partial charge in [-0.1, -0.05) is 53.3 Å². The maximum absolute atomic E-state index is 12.6. The maximum Gasteiger partial charge on any atom is 0.333 e. The van der Waals surface area contributed by atoms with Crippen molar-refractivity contribution in [2.24, 2.45) is 56.7 Å². The highest BCUT2D eigenvalue weighted by Crippen LogP contribution is 2.77. The van der Waals surface area contributed by atoms with Crippen LogP contribution in [0.3, 0.4) is 0 Å². The Bertz CT molecular complexity index is 1090. The number of carbonyl (C=O) groups is 1. The van der Waals surface area contributed by atoms with Gasteiger partial charge in [0, 0.05) is 11.0 Å². The minimum Gasteiger partial charge on any atom is -0.458 e. The van der Waals surface area contributed by atoms with Gasteiger partial charge in [0.15, 0.2) is 0 Å². The zero-order valence-corrected chi connectivity index (χ0v) is 27.3. The highest BCUT2D eigenvalue weighted by molar-refractivity contribution is 5.87. The smallest absolute Gasteiger partial charge is 0.333 e. The molecule has 6 fully saturated rings. The molecule has 0 amide bonds. The quantitative estimate of drug-likeness (QED) is 0.134. The van der Waals surface area contributed by atoms with E-state index >= 15 is 0 Å². The molecular weight excluding hydrogens is 508 g/mol. The van der Waals surface area contributed by atoms with Gasteiger partial charge in [-0.15, -0.1) is 0 Å². The van der Waals surface area contributed by atoms with E-state index in [9.17, 15) is 4.79 Å². The highest BCUT2D eigenvalue weighted by Gasteiger charge is 2.71. The molecule has 0 bridgehead atoms. The molecule has 4 nitrogen and oxygen atoms in total. The molecule has 11 atom stereocenters. The molecule has 1 saturated heterocycles. The van der Waals surface area contributed by atoms with Crippen LogP contribution in [0.2, 0.25) is 0 Å². The van der Waals surface area contributed by atoms with Gasteiger partial charge in [0.2, 0.25) is 0 Å². The Morgan fingerprint density at radius 2 is 1.59 bits per heavy atom. The lowest BCUT2D eigenvalue weighted by Gasteiger charge is -2.73. The molecule has 41 heavy (non-hydrogen) atoms. The van der Waals surface area contributed by atoms with E-state index in [4.69, 9.17) is 14.2 Å². The Balaban J connectivity index is 1.29. The van der Waals surface area contributed by atoms with Crippen molar-refractivity contribution in [2.45, 2.75) is 125 Å². The van der Waals surface area contributed by atoms with E-state index in [-0.39, 0.29) is 22.9 Å². The second-order valence-electron chi connectivity index (χ2n) is 17.1. The summed E-state index contributed by atoms with van der Waals surface area (Å²) in [5.74, 6) is 3.13. The van der Waals surface area contributed by atoms with Crippen LogP contribution in [0.1, 0.15) is 113 Å². The molecule has 6 aliphatic rings. The van der Waals surface area contributed by atoms with Gasteiger partial charge in [0.1, 0.15) is 12.2 Å². The standard InChI is InChI=1S/C37H58O4/c1-23(2)26-12-17-37(22-39-20-25-21-40-25)19-18-35(8)27(31(26)37)10-11-29-34(7)15-14-30(41-32(38)24(3)4)33(5,6)28(34)13-16-36(29,35)9/h25-31H,1,3,10-22H2,2,4-9H3/t25?,26-,27+,28-,29+,30-,31+,34-,35+,36+,37+/m0/s1. The average molecular weight is 567 g/mol. The van der Waals surface area contributed by atoms with Crippen LogP contribution in [0.25, 0.3) is 0 Å². The summed E-state index contributed by atoms with van der Waals surface area (Å²) in [4.78, 5) is 12.6. The van der Waals surface area contributed by atoms with Crippen molar-refractivity contribution in [3.63, 3.8) is 0 Å². The molecule has 5 saturated carbocycles. The van der Waals surface area contributed by atoms with Gasteiger partial charge in [-0.2, -0.15) is 0 Å². The van der Waals surface area contributed by atoms with Crippen LogP contribution in [0.4, 0.5) is 0 Å². The Hall–Kier alpha value is -1.13. The van der Waals surface area contributed by atoms with Crippen LogP contribution in [0, 0.1) is 56.7 Å². The Labute approximate surface area is 250 Å². The maximum atomic E-state index is 12.6. The summed E-state index contributed by atoms with van der Waals surface area (Å²) >= 11 is 0. The first-order valence-corrected chi connectivity index (χ1v) is 16.9. The molecule has 5 aliphatic carbocycles. The lowest BCUT2D eigenvalue weighted by Crippen LogP contribution is -2.67. The third-order valence-electron chi connectivity index (χ3n) is 14.9. The van der Waals surface area contributed by atoms with Crippen LogP contribution in [-0.2, 0) is 19.0 Å². The van der Waals surface area contributed by atoms with E-state index in [0.717, 1.165) is 38.6 Å². The largest absolute Gasteiger partial charge is 0.458 e. The normalized spacial score (nSPS) is 49.6. The van der Waals surface area contributed by atoms with Crippen LogP contribution in [-0.4, -0.2) is 38.0 Å². The van der Waals surface area contributed by atoms with Gasteiger partial charge in [0.25, 0.3) is 0 Å². The number of hydrogen-bond acceptors (Lipinski definition) is 4. The lowest BCUT2D eigenvalue weighted by atomic mass is 9.32. The fourth-order valence-corrected chi connectivity index (χ4v) is 12.5. The molecular formula is C37H58O4. The molecule has 0 aromatic rings. The van der Waals surface area contributed by atoms with Crippen molar-refractivity contribution in [3.8, 4) is 0 Å². The van der Waals surface area contributed by atoms with Crippen LogP contribution in [0.15, 0.2) is 24.3 Å². The fourth-order valence-electron chi connectivity index (χ4n) is 12.5. The van der Waals surface area contributed by atoms with E-state index < -0.39 is 0 Å². The Kier molecular flexibility index (Phi) is 7.26. The predicted octanol–water partition coefficient (Wildman–Crippen LogP) is 8.55. The number of hydrogen-bond donors (Lipinski definition) is 0. The predicted molar refractivity (Wildman–Crippen MR) is 164 cm³/mol. The molecule has 1 aliphatic heterocycles. The molecule has 230 valence electrons. The topological polar surface area (TPSA) is 48.1 Å². The zero-order chi connectivity index (χ0) is 29.6. The van der Waals surface area contributed by atoms with E-state index in [1.807, 2.05) is 0 Å². The molecule has 1 heterocycles. The van der Waals surface area contributed by atoms with Crippen molar-refractivity contribution in [2.75, 3.05) is 19.8 Å². The number of ether oxygens (including phenoxy) is 3. The summed E-state index contributed by atoms with van der Waals surface area (Å²) < 4.78 is 18.0. The second kappa shape index (κ2) is 9.94. The number of fused-ring (bicyclic) bond motifs is 7. The summed E-state index contributed by atoms with van der Waals surface area (Å²) in [7, 11) is 0. The SMILES string of the molecule is C=C(C)C(=O)O[C@H]1CC[C@]2(C)[C@H]3CC[C@@H]4[C@H]5[C@H](C(=C)C)CC[C@]5(COCC5CO5)CC[C@@]4(C)[C@]3(C)CC[C@H]2C1(C)C. The van der Waals surface area contributed by atoms with Gasteiger partial charge in [-0.05, 0) is 129 Å². The molecule has 0 N–H and O–H groups in total. The summed E-state index contributed by atoms with van der Waals surface area (Å²) in [6.07, 6.45) is 12.9. The highest BCUT2D eigenvalue weighted by atomic mass is 16.6. The lowest BCUT2D eigenvalue weighted by molar-refractivity contribution is -0.252. The number of epoxide rings is 1. The van der Waals surface area contributed by atoms with Crippen molar-refractivity contribution in [1.82, 2.24) is 0 Å². The third kappa shape index (κ3) is 4.38. The molecule has 0 radical (unpaired) electrons.